The highest BCUT2D eigenvalue weighted by atomic mass is 32.2. The average molecular weight is 471 g/mol. The van der Waals surface area contributed by atoms with Gasteiger partial charge in [0.05, 0.1) is 11.6 Å². The Morgan fingerprint density at radius 3 is 2.47 bits per heavy atom. The molecule has 3 aromatic rings. The summed E-state index contributed by atoms with van der Waals surface area (Å²) in [5.74, 6) is -0.307. The van der Waals surface area contributed by atoms with Crippen LogP contribution in [0, 0.1) is 0 Å². The molecule has 0 aliphatic carbocycles. The van der Waals surface area contributed by atoms with Crippen molar-refractivity contribution in [3.8, 4) is 0 Å². The second-order valence-corrected chi connectivity index (χ2v) is 8.56. The standard InChI is InChI=1S/C18H20F3N7O3S/c1-32(30,31)25-9-8-23-16(29)11-2-4-12(5-3-11)26-17-27-14-13(6-7-22-14)15(28-17)24-10-18(19,20)21/h2-7,25H,8-10H2,1H3,(H,23,29)(H3,22,24,26,27,28). The molecule has 1 amide bonds. The van der Waals surface area contributed by atoms with Crippen molar-refractivity contribution < 1.29 is 26.4 Å². The van der Waals surface area contributed by atoms with Crippen LogP contribution in [0.1, 0.15) is 10.4 Å². The summed E-state index contributed by atoms with van der Waals surface area (Å²) in [6.07, 6.45) is -1.84. The molecule has 2 heterocycles. The van der Waals surface area contributed by atoms with E-state index < -0.39 is 28.7 Å². The highest BCUT2D eigenvalue weighted by molar-refractivity contribution is 7.88. The van der Waals surface area contributed by atoms with Crippen molar-refractivity contribution in [2.45, 2.75) is 6.18 Å². The smallest absolute Gasteiger partial charge is 0.360 e. The van der Waals surface area contributed by atoms with Crippen LogP contribution in [0.15, 0.2) is 36.5 Å². The van der Waals surface area contributed by atoms with E-state index in [0.717, 1.165) is 6.26 Å². The lowest BCUT2D eigenvalue weighted by atomic mass is 10.2. The van der Waals surface area contributed by atoms with Crippen LogP contribution in [-0.2, 0) is 10.0 Å². The Balaban J connectivity index is 1.65. The van der Waals surface area contributed by atoms with Gasteiger partial charge in [0.25, 0.3) is 5.91 Å². The third-order valence-corrected chi connectivity index (χ3v) is 4.78. The molecule has 0 aliphatic rings. The van der Waals surface area contributed by atoms with Gasteiger partial charge in [-0.15, -0.1) is 0 Å². The summed E-state index contributed by atoms with van der Waals surface area (Å²) in [5.41, 5.74) is 1.20. The van der Waals surface area contributed by atoms with Gasteiger partial charge in [0.1, 0.15) is 18.0 Å². The summed E-state index contributed by atoms with van der Waals surface area (Å²) in [6.45, 7) is -1.07. The SMILES string of the molecule is CS(=O)(=O)NCCNC(=O)c1ccc(Nc2nc(NCC(F)(F)F)c3cc[nH]c3n2)cc1. The highest BCUT2D eigenvalue weighted by Crippen LogP contribution is 2.24. The van der Waals surface area contributed by atoms with Crippen molar-refractivity contribution in [2.75, 3.05) is 36.5 Å². The van der Waals surface area contributed by atoms with E-state index in [4.69, 9.17) is 0 Å². The van der Waals surface area contributed by atoms with Gasteiger partial charge in [-0.1, -0.05) is 0 Å². The first-order valence-corrected chi connectivity index (χ1v) is 11.1. The number of hydrogen-bond donors (Lipinski definition) is 5. The number of anilines is 3. The Hall–Kier alpha value is -3.39. The second kappa shape index (κ2) is 9.40. The molecule has 0 fully saturated rings. The summed E-state index contributed by atoms with van der Waals surface area (Å²) in [5, 5.41) is 8.14. The molecule has 5 N–H and O–H groups in total. The number of aromatic nitrogens is 3. The van der Waals surface area contributed by atoms with Crippen molar-refractivity contribution in [1.82, 2.24) is 25.0 Å². The number of fused-ring (bicyclic) bond motifs is 1. The number of amides is 1. The van der Waals surface area contributed by atoms with E-state index in [1.807, 2.05) is 0 Å². The van der Waals surface area contributed by atoms with Crippen LogP contribution in [0.3, 0.4) is 0 Å². The maximum absolute atomic E-state index is 12.6. The number of rotatable bonds is 9. The zero-order chi connectivity index (χ0) is 23.4. The minimum Gasteiger partial charge on any atom is -0.360 e. The average Bonchev–Trinajstić information content (AvgIpc) is 3.17. The predicted octanol–water partition coefficient (Wildman–Crippen LogP) is 1.95. The molecule has 3 rings (SSSR count). The first-order chi connectivity index (χ1) is 15.0. The minimum absolute atomic E-state index is 0.0229. The van der Waals surface area contributed by atoms with Gasteiger partial charge in [-0.3, -0.25) is 4.79 Å². The summed E-state index contributed by atoms with van der Waals surface area (Å²) in [6, 6.07) is 7.77. The molecular weight excluding hydrogens is 451 g/mol. The van der Waals surface area contributed by atoms with Crippen LogP contribution < -0.4 is 20.7 Å². The molecule has 10 nitrogen and oxygen atoms in total. The van der Waals surface area contributed by atoms with E-state index in [1.54, 1.807) is 24.4 Å². The predicted molar refractivity (Wildman–Crippen MR) is 113 cm³/mol. The number of aromatic amines is 1. The van der Waals surface area contributed by atoms with Crippen LogP contribution in [-0.4, -0.2) is 61.3 Å². The lowest BCUT2D eigenvalue weighted by Crippen LogP contribution is -2.34. The molecule has 14 heteroatoms. The van der Waals surface area contributed by atoms with E-state index >= 15 is 0 Å². The Kier molecular flexibility index (Phi) is 6.84. The number of halogens is 3. The van der Waals surface area contributed by atoms with Gasteiger partial charge in [-0.05, 0) is 30.3 Å². The zero-order valence-electron chi connectivity index (χ0n) is 16.7. The van der Waals surface area contributed by atoms with Crippen LogP contribution in [0.2, 0.25) is 0 Å². The summed E-state index contributed by atoms with van der Waals surface area (Å²) >= 11 is 0. The number of carbonyl (C=O) groups is 1. The molecule has 0 saturated heterocycles. The van der Waals surface area contributed by atoms with Gasteiger partial charge in [-0.2, -0.15) is 23.1 Å². The number of carbonyl (C=O) groups excluding carboxylic acids is 1. The monoisotopic (exact) mass is 471 g/mol. The normalized spacial score (nSPS) is 12.0. The van der Waals surface area contributed by atoms with Gasteiger partial charge in [0, 0.05) is 30.5 Å². The molecule has 1 aromatic carbocycles. The van der Waals surface area contributed by atoms with Crippen molar-refractivity contribution in [1.29, 1.82) is 0 Å². The van der Waals surface area contributed by atoms with E-state index in [0.29, 0.717) is 22.3 Å². The number of benzene rings is 1. The molecule has 0 saturated carbocycles. The summed E-state index contributed by atoms with van der Waals surface area (Å²) in [4.78, 5) is 23.3. The van der Waals surface area contributed by atoms with Gasteiger partial charge in [-0.25, -0.2) is 13.1 Å². The number of nitrogens with one attached hydrogen (secondary N) is 5. The van der Waals surface area contributed by atoms with Crippen molar-refractivity contribution in [3.63, 3.8) is 0 Å². The lowest BCUT2D eigenvalue weighted by Gasteiger charge is -2.12. The fraction of sp³-hybridized carbons (Fsp3) is 0.278. The van der Waals surface area contributed by atoms with E-state index in [9.17, 15) is 26.4 Å². The Labute approximate surface area is 181 Å². The molecular formula is C18H20F3N7O3S. The zero-order valence-corrected chi connectivity index (χ0v) is 17.6. The van der Waals surface area contributed by atoms with E-state index in [2.05, 4.69) is 35.6 Å². The van der Waals surface area contributed by atoms with Crippen molar-refractivity contribution in [2.24, 2.45) is 0 Å². The second-order valence-electron chi connectivity index (χ2n) is 6.73. The Morgan fingerprint density at radius 2 is 1.81 bits per heavy atom. The van der Waals surface area contributed by atoms with Crippen LogP contribution in [0.5, 0.6) is 0 Å². The van der Waals surface area contributed by atoms with E-state index in [-0.39, 0.29) is 24.9 Å². The van der Waals surface area contributed by atoms with Gasteiger partial charge < -0.3 is 20.9 Å². The first kappa shape index (κ1) is 23.3. The third kappa shape index (κ3) is 6.81. The van der Waals surface area contributed by atoms with Gasteiger partial charge in [0.2, 0.25) is 16.0 Å². The summed E-state index contributed by atoms with van der Waals surface area (Å²) < 4.78 is 62.0. The molecule has 172 valence electrons. The molecule has 32 heavy (non-hydrogen) atoms. The number of hydrogen-bond acceptors (Lipinski definition) is 7. The van der Waals surface area contributed by atoms with Crippen LogP contribution >= 0.6 is 0 Å². The molecule has 0 spiro atoms. The van der Waals surface area contributed by atoms with Crippen LogP contribution in [0.4, 0.5) is 30.6 Å². The quantitative estimate of drug-likeness (QED) is 0.301. The maximum atomic E-state index is 12.6. The molecule has 2 aromatic heterocycles. The molecule has 0 aliphatic heterocycles. The van der Waals surface area contributed by atoms with Crippen molar-refractivity contribution in [3.05, 3.63) is 42.1 Å². The number of alkyl halides is 3. The Morgan fingerprint density at radius 1 is 1.09 bits per heavy atom. The molecule has 0 atom stereocenters. The van der Waals surface area contributed by atoms with Gasteiger partial charge >= 0.3 is 6.18 Å². The minimum atomic E-state index is -4.40. The first-order valence-electron chi connectivity index (χ1n) is 9.26. The fourth-order valence-corrected chi connectivity index (χ4v) is 3.14. The Bertz CT molecular complexity index is 1190. The fourth-order valence-electron chi connectivity index (χ4n) is 2.66. The van der Waals surface area contributed by atoms with Gasteiger partial charge in [0.15, 0.2) is 0 Å². The van der Waals surface area contributed by atoms with E-state index in [1.165, 1.54) is 12.1 Å². The molecule has 0 unspecified atom stereocenters. The summed E-state index contributed by atoms with van der Waals surface area (Å²) in [7, 11) is -3.33. The topological polar surface area (TPSA) is 141 Å². The largest absolute Gasteiger partial charge is 0.405 e. The van der Waals surface area contributed by atoms with Crippen LogP contribution in [0.25, 0.3) is 11.0 Å². The van der Waals surface area contributed by atoms with Crippen molar-refractivity contribution >= 4 is 44.4 Å². The molecule has 0 radical (unpaired) electrons. The number of sulfonamides is 1. The lowest BCUT2D eigenvalue weighted by molar-refractivity contribution is -0.115. The molecule has 0 bridgehead atoms. The highest BCUT2D eigenvalue weighted by Gasteiger charge is 2.27. The third-order valence-electron chi connectivity index (χ3n) is 4.05. The number of H-pyrrole nitrogens is 1. The number of nitrogens with zero attached hydrogens (tertiary/aromatic N) is 2. The maximum Gasteiger partial charge on any atom is 0.405 e.